The molecule has 1 aliphatic rings. The number of methoxy groups -OCH3 is 2. The number of nitrogens with zero attached hydrogens (tertiary/aromatic N) is 1. The van der Waals surface area contributed by atoms with Gasteiger partial charge < -0.3 is 15.2 Å². The molecule has 1 aromatic rings. The van der Waals surface area contributed by atoms with Gasteiger partial charge in [0.25, 0.3) is 0 Å². The van der Waals surface area contributed by atoms with Crippen LogP contribution in [0, 0.1) is 0 Å². The Labute approximate surface area is 142 Å². The standard InChI is InChI=1S/C14H22N2O6S2/c1-21-12-3-4-14(13(9-12)22-2)24(19,20)16(7-6-15)11-5-8-23(17,18)10-11/h3-4,9,11H,5-8,10,15H2,1-2H3/t11-/m1/s1. The van der Waals surface area contributed by atoms with E-state index in [4.69, 9.17) is 15.2 Å². The second kappa shape index (κ2) is 7.26. The quantitative estimate of drug-likeness (QED) is 0.701. The number of sulfone groups is 1. The highest BCUT2D eigenvalue weighted by atomic mass is 32.2. The number of nitrogens with two attached hydrogens (primary N) is 1. The minimum atomic E-state index is -3.96. The minimum Gasteiger partial charge on any atom is -0.497 e. The molecule has 1 heterocycles. The topological polar surface area (TPSA) is 116 Å². The first-order chi connectivity index (χ1) is 11.2. The summed E-state index contributed by atoms with van der Waals surface area (Å²) in [5.41, 5.74) is 5.55. The van der Waals surface area contributed by atoms with Crippen LogP contribution in [-0.4, -0.2) is 66.0 Å². The van der Waals surface area contributed by atoms with E-state index in [0.717, 1.165) is 0 Å². The molecule has 0 radical (unpaired) electrons. The molecule has 0 aromatic heterocycles. The summed E-state index contributed by atoms with van der Waals surface area (Å²) in [6, 6.07) is 3.76. The monoisotopic (exact) mass is 378 g/mol. The number of hydrogen-bond acceptors (Lipinski definition) is 7. The van der Waals surface area contributed by atoms with Crippen LogP contribution in [0.4, 0.5) is 0 Å². The second-order valence-corrected chi connectivity index (χ2v) is 9.57. The van der Waals surface area contributed by atoms with Crippen LogP contribution in [0.25, 0.3) is 0 Å². The van der Waals surface area contributed by atoms with E-state index in [1.54, 1.807) is 0 Å². The van der Waals surface area contributed by atoms with Crippen LogP contribution < -0.4 is 15.2 Å². The van der Waals surface area contributed by atoms with Crippen molar-refractivity contribution in [1.82, 2.24) is 4.31 Å². The van der Waals surface area contributed by atoms with Gasteiger partial charge in [0.2, 0.25) is 10.0 Å². The van der Waals surface area contributed by atoms with Gasteiger partial charge in [0.1, 0.15) is 16.4 Å². The first kappa shape index (κ1) is 19.0. The summed E-state index contributed by atoms with van der Waals surface area (Å²) in [5.74, 6) is 0.385. The maximum Gasteiger partial charge on any atom is 0.247 e. The molecule has 0 spiro atoms. The average molecular weight is 378 g/mol. The van der Waals surface area contributed by atoms with Gasteiger partial charge in [-0.15, -0.1) is 0 Å². The predicted molar refractivity (Wildman–Crippen MR) is 89.6 cm³/mol. The van der Waals surface area contributed by atoms with Gasteiger partial charge in [-0.3, -0.25) is 0 Å². The largest absolute Gasteiger partial charge is 0.497 e. The zero-order chi connectivity index (χ0) is 18.0. The van der Waals surface area contributed by atoms with Crippen molar-refractivity contribution in [1.29, 1.82) is 0 Å². The molecule has 24 heavy (non-hydrogen) atoms. The van der Waals surface area contributed by atoms with Gasteiger partial charge in [0, 0.05) is 25.2 Å². The lowest BCUT2D eigenvalue weighted by Gasteiger charge is -2.27. The lowest BCUT2D eigenvalue weighted by molar-refractivity contribution is 0.342. The van der Waals surface area contributed by atoms with E-state index in [0.29, 0.717) is 5.75 Å². The summed E-state index contributed by atoms with van der Waals surface area (Å²) < 4.78 is 61.0. The van der Waals surface area contributed by atoms with E-state index in [1.807, 2.05) is 0 Å². The van der Waals surface area contributed by atoms with E-state index >= 15 is 0 Å². The van der Waals surface area contributed by atoms with Crippen LogP contribution >= 0.6 is 0 Å². The summed E-state index contributed by atoms with van der Waals surface area (Å²) in [7, 11) is -4.35. The first-order valence-corrected chi connectivity index (χ1v) is 10.7. The third-order valence-corrected chi connectivity index (χ3v) is 7.66. The van der Waals surface area contributed by atoms with Crippen molar-refractivity contribution in [2.45, 2.75) is 17.4 Å². The van der Waals surface area contributed by atoms with Crippen LogP contribution in [0.3, 0.4) is 0 Å². The van der Waals surface area contributed by atoms with E-state index in [-0.39, 0.29) is 41.7 Å². The van der Waals surface area contributed by atoms with Crippen LogP contribution in [0.1, 0.15) is 6.42 Å². The number of sulfonamides is 1. The van der Waals surface area contributed by atoms with Crippen molar-refractivity contribution in [3.05, 3.63) is 18.2 Å². The van der Waals surface area contributed by atoms with Gasteiger partial charge in [0.15, 0.2) is 9.84 Å². The molecule has 1 atom stereocenters. The smallest absolute Gasteiger partial charge is 0.247 e. The molecule has 10 heteroatoms. The third kappa shape index (κ3) is 3.82. The molecule has 136 valence electrons. The fraction of sp³-hybridized carbons (Fsp3) is 0.571. The first-order valence-electron chi connectivity index (χ1n) is 7.39. The van der Waals surface area contributed by atoms with E-state index in [9.17, 15) is 16.8 Å². The zero-order valence-electron chi connectivity index (χ0n) is 13.6. The van der Waals surface area contributed by atoms with Crippen molar-refractivity contribution in [3.63, 3.8) is 0 Å². The fourth-order valence-electron chi connectivity index (χ4n) is 2.74. The van der Waals surface area contributed by atoms with Crippen LogP contribution in [0.15, 0.2) is 23.1 Å². The molecule has 0 unspecified atom stereocenters. The van der Waals surface area contributed by atoms with E-state index in [1.165, 1.54) is 36.7 Å². The highest BCUT2D eigenvalue weighted by molar-refractivity contribution is 7.92. The molecule has 1 aliphatic heterocycles. The molecule has 1 saturated heterocycles. The Kier molecular flexibility index (Phi) is 5.74. The Morgan fingerprint density at radius 1 is 1.29 bits per heavy atom. The van der Waals surface area contributed by atoms with Gasteiger partial charge in [-0.25, -0.2) is 16.8 Å². The Hall–Kier alpha value is -1.36. The third-order valence-electron chi connectivity index (χ3n) is 3.92. The lowest BCUT2D eigenvalue weighted by Crippen LogP contribution is -2.43. The number of benzene rings is 1. The highest BCUT2D eigenvalue weighted by Crippen LogP contribution is 2.32. The van der Waals surface area contributed by atoms with Crippen molar-refractivity contribution in [2.75, 3.05) is 38.8 Å². The maximum atomic E-state index is 13.1. The lowest BCUT2D eigenvalue weighted by atomic mass is 10.2. The zero-order valence-corrected chi connectivity index (χ0v) is 15.3. The van der Waals surface area contributed by atoms with Crippen molar-refractivity contribution < 1.29 is 26.3 Å². The number of rotatable bonds is 7. The summed E-state index contributed by atoms with van der Waals surface area (Å²) in [5, 5.41) is 0. The number of hydrogen-bond donors (Lipinski definition) is 1. The van der Waals surface area contributed by atoms with Crippen LogP contribution in [0.5, 0.6) is 11.5 Å². The normalized spacial score (nSPS) is 20.2. The summed E-state index contributed by atoms with van der Waals surface area (Å²) in [6.07, 6.45) is 0.264. The van der Waals surface area contributed by atoms with Crippen molar-refractivity contribution in [2.24, 2.45) is 5.73 Å². The molecule has 2 N–H and O–H groups in total. The summed E-state index contributed by atoms with van der Waals surface area (Å²) in [6.45, 7) is 0.131. The Bertz CT molecular complexity index is 791. The van der Waals surface area contributed by atoms with Gasteiger partial charge in [-0.1, -0.05) is 0 Å². The van der Waals surface area contributed by atoms with Gasteiger partial charge in [0.05, 0.1) is 25.7 Å². The van der Waals surface area contributed by atoms with Crippen LogP contribution in [0.2, 0.25) is 0 Å². The Morgan fingerprint density at radius 3 is 2.50 bits per heavy atom. The van der Waals surface area contributed by atoms with E-state index in [2.05, 4.69) is 0 Å². The van der Waals surface area contributed by atoms with Gasteiger partial charge in [-0.2, -0.15) is 4.31 Å². The molecule has 0 saturated carbocycles. The highest BCUT2D eigenvalue weighted by Gasteiger charge is 2.39. The summed E-state index contributed by atoms with van der Waals surface area (Å²) in [4.78, 5) is -0.0384. The molecular weight excluding hydrogens is 356 g/mol. The second-order valence-electron chi connectivity index (χ2n) is 5.48. The Morgan fingerprint density at radius 2 is 2.00 bits per heavy atom. The van der Waals surface area contributed by atoms with Gasteiger partial charge >= 0.3 is 0 Å². The number of ether oxygens (including phenoxy) is 2. The molecular formula is C14H22N2O6S2. The maximum absolute atomic E-state index is 13.1. The molecule has 0 bridgehead atoms. The molecule has 8 nitrogen and oxygen atoms in total. The van der Waals surface area contributed by atoms with E-state index < -0.39 is 25.9 Å². The average Bonchev–Trinajstić information content (AvgIpc) is 2.91. The van der Waals surface area contributed by atoms with Gasteiger partial charge in [-0.05, 0) is 18.6 Å². The fourth-order valence-corrected chi connectivity index (χ4v) is 6.38. The molecule has 1 aromatic carbocycles. The van der Waals surface area contributed by atoms with Crippen LogP contribution in [-0.2, 0) is 19.9 Å². The van der Waals surface area contributed by atoms with Crippen molar-refractivity contribution >= 4 is 19.9 Å². The van der Waals surface area contributed by atoms with Crippen molar-refractivity contribution in [3.8, 4) is 11.5 Å². The predicted octanol–water partition coefficient (Wildman–Crippen LogP) is -0.160. The Balaban J connectivity index is 2.45. The molecule has 0 aliphatic carbocycles. The SMILES string of the molecule is COc1ccc(S(=O)(=O)N(CCN)[C@@H]2CCS(=O)(=O)C2)c(OC)c1. The molecule has 1 fully saturated rings. The molecule has 0 amide bonds. The minimum absolute atomic E-state index is 0.0198. The molecule has 2 rings (SSSR count). The summed E-state index contributed by atoms with van der Waals surface area (Å²) >= 11 is 0.